The minimum atomic E-state index is -0.466. The quantitative estimate of drug-likeness (QED) is 0.627. The van der Waals surface area contributed by atoms with Crippen LogP contribution in [0, 0.1) is 10.8 Å². The van der Waals surface area contributed by atoms with Crippen molar-refractivity contribution in [1.82, 2.24) is 19.0 Å². The number of carbonyl (C=O) groups excluding carboxylic acids is 1. The van der Waals surface area contributed by atoms with Crippen molar-refractivity contribution in [2.24, 2.45) is 17.9 Å². The Bertz CT molecular complexity index is 1180. The van der Waals surface area contributed by atoms with E-state index in [9.17, 15) is 9.59 Å². The third-order valence-electron chi connectivity index (χ3n) is 7.92. The third-order valence-corrected chi connectivity index (χ3v) is 7.92. The average Bonchev–Trinajstić information content (AvgIpc) is 3.34. The summed E-state index contributed by atoms with van der Waals surface area (Å²) in [5, 5.41) is 0. The van der Waals surface area contributed by atoms with Crippen LogP contribution in [0.3, 0.4) is 0 Å². The fourth-order valence-electron chi connectivity index (χ4n) is 6.59. The van der Waals surface area contributed by atoms with Gasteiger partial charge in [-0.15, -0.1) is 0 Å². The zero-order valence-electron chi connectivity index (χ0n) is 22.4. The van der Waals surface area contributed by atoms with Crippen LogP contribution < -0.4 is 10.6 Å². The van der Waals surface area contributed by atoms with Gasteiger partial charge in [-0.2, -0.15) is 0 Å². The Morgan fingerprint density at radius 2 is 1.77 bits per heavy atom. The van der Waals surface area contributed by atoms with Gasteiger partial charge in [-0.25, -0.2) is 14.6 Å². The Balaban J connectivity index is 1.35. The van der Waals surface area contributed by atoms with Crippen molar-refractivity contribution in [2.45, 2.75) is 97.9 Å². The zero-order chi connectivity index (χ0) is 25.3. The summed E-state index contributed by atoms with van der Waals surface area (Å²) in [4.78, 5) is 35.2. The van der Waals surface area contributed by atoms with Crippen LogP contribution in [0.1, 0.15) is 73.6 Å². The molecule has 0 N–H and O–H groups in total. The van der Waals surface area contributed by atoms with E-state index in [1.807, 2.05) is 37.3 Å². The summed E-state index contributed by atoms with van der Waals surface area (Å²) < 4.78 is 9.26. The maximum Gasteiger partial charge on any atom is 0.410 e. The lowest BCUT2D eigenvalue weighted by Gasteiger charge is -2.44. The number of aromatic nitrogens is 3. The Kier molecular flexibility index (Phi) is 5.53. The first-order valence-electron chi connectivity index (χ1n) is 13.1. The van der Waals surface area contributed by atoms with Crippen molar-refractivity contribution in [3.8, 4) is 0 Å². The molecule has 0 saturated carbocycles. The van der Waals surface area contributed by atoms with Crippen LogP contribution in [0.15, 0.2) is 16.9 Å². The fourth-order valence-corrected chi connectivity index (χ4v) is 6.59. The van der Waals surface area contributed by atoms with Crippen molar-refractivity contribution < 1.29 is 9.53 Å². The Hall–Kier alpha value is -2.51. The SMILES string of the molecule is Cn1c(=O)n(CC(C)(C)C)c2ccc(N3CCC4(CC5CCC(C4)N5C(=O)OC(C)(C)C)C3)nc21. The molecule has 2 bridgehead atoms. The van der Waals surface area contributed by atoms with Gasteiger partial charge in [0.2, 0.25) is 0 Å². The number of nitrogens with zero attached hydrogens (tertiary/aromatic N) is 5. The number of rotatable bonds is 2. The molecular weight excluding hydrogens is 442 g/mol. The number of anilines is 1. The molecular formula is C27H41N5O3. The molecule has 2 aromatic rings. The normalized spacial score (nSPS) is 26.8. The highest BCUT2D eigenvalue weighted by Crippen LogP contribution is 2.51. The van der Waals surface area contributed by atoms with E-state index >= 15 is 0 Å². The van der Waals surface area contributed by atoms with Gasteiger partial charge >= 0.3 is 11.8 Å². The molecule has 2 atom stereocenters. The van der Waals surface area contributed by atoms with Gasteiger partial charge in [0.15, 0.2) is 5.65 Å². The van der Waals surface area contributed by atoms with Crippen molar-refractivity contribution in [3.05, 3.63) is 22.6 Å². The van der Waals surface area contributed by atoms with E-state index in [0.29, 0.717) is 6.54 Å². The minimum Gasteiger partial charge on any atom is -0.444 e. The van der Waals surface area contributed by atoms with Crippen molar-refractivity contribution in [1.29, 1.82) is 0 Å². The molecule has 2 unspecified atom stereocenters. The van der Waals surface area contributed by atoms with Gasteiger partial charge in [0, 0.05) is 38.8 Å². The maximum atomic E-state index is 12.9. The molecule has 192 valence electrons. The van der Waals surface area contributed by atoms with E-state index in [1.165, 1.54) is 0 Å². The zero-order valence-corrected chi connectivity index (χ0v) is 22.4. The fraction of sp³-hybridized carbons (Fsp3) is 0.741. The molecule has 0 radical (unpaired) electrons. The molecule has 1 amide bonds. The van der Waals surface area contributed by atoms with Crippen LogP contribution in [0.2, 0.25) is 0 Å². The van der Waals surface area contributed by atoms with Gasteiger partial charge in [-0.3, -0.25) is 9.13 Å². The molecule has 35 heavy (non-hydrogen) atoms. The second-order valence-electron chi connectivity index (χ2n) is 13.4. The van der Waals surface area contributed by atoms with Crippen LogP contribution in [-0.4, -0.2) is 55.9 Å². The molecule has 3 saturated heterocycles. The highest BCUT2D eigenvalue weighted by atomic mass is 16.6. The summed E-state index contributed by atoms with van der Waals surface area (Å²) in [7, 11) is 1.82. The first-order chi connectivity index (χ1) is 16.3. The molecule has 8 nitrogen and oxygen atoms in total. The topological polar surface area (TPSA) is 72.6 Å². The van der Waals surface area contributed by atoms with Crippen LogP contribution in [0.5, 0.6) is 0 Å². The Labute approximate surface area is 208 Å². The standard InChI is InChI=1S/C27H41N5O3/c1-25(2,3)16-31-20-10-11-21(28-22(20)29(7)23(31)33)30-13-12-27(17-30)14-18-8-9-19(15-27)32(18)24(34)35-26(4,5)6/h10-11,18-19H,8-9,12-17H2,1-7H3. The summed E-state index contributed by atoms with van der Waals surface area (Å²) in [6, 6.07) is 4.67. The smallest absolute Gasteiger partial charge is 0.410 e. The molecule has 0 aromatic carbocycles. The summed E-state index contributed by atoms with van der Waals surface area (Å²) in [6.07, 6.45) is 5.16. The number of ether oxygens (including phenoxy) is 1. The van der Waals surface area contributed by atoms with E-state index in [-0.39, 0.29) is 34.7 Å². The summed E-state index contributed by atoms with van der Waals surface area (Å²) >= 11 is 0. The lowest BCUT2D eigenvalue weighted by Crippen LogP contribution is -2.52. The Morgan fingerprint density at radius 1 is 1.11 bits per heavy atom. The second kappa shape index (κ2) is 8.00. The number of pyridine rings is 1. The van der Waals surface area contributed by atoms with E-state index in [0.717, 1.165) is 62.2 Å². The molecule has 3 fully saturated rings. The van der Waals surface area contributed by atoms with E-state index in [2.05, 4.69) is 37.8 Å². The second-order valence-corrected chi connectivity index (χ2v) is 13.4. The molecule has 3 aliphatic rings. The third kappa shape index (κ3) is 4.45. The largest absolute Gasteiger partial charge is 0.444 e. The lowest BCUT2D eigenvalue weighted by atomic mass is 9.74. The summed E-state index contributed by atoms with van der Waals surface area (Å²) in [5.41, 5.74) is 1.39. The summed E-state index contributed by atoms with van der Waals surface area (Å²) in [5.74, 6) is 0.944. The van der Waals surface area contributed by atoms with Crippen LogP contribution in [0.25, 0.3) is 11.2 Å². The van der Waals surface area contributed by atoms with E-state index in [4.69, 9.17) is 9.72 Å². The number of hydrogen-bond donors (Lipinski definition) is 0. The van der Waals surface area contributed by atoms with Gasteiger partial charge in [-0.1, -0.05) is 20.8 Å². The summed E-state index contributed by atoms with van der Waals surface area (Å²) in [6.45, 7) is 14.8. The molecule has 2 aromatic heterocycles. The van der Waals surface area contributed by atoms with Gasteiger partial charge in [0.05, 0.1) is 5.52 Å². The maximum absolute atomic E-state index is 12.9. The van der Waals surface area contributed by atoms with Crippen molar-refractivity contribution in [3.63, 3.8) is 0 Å². The molecule has 1 spiro atoms. The molecule has 3 aliphatic heterocycles. The minimum absolute atomic E-state index is 0.00559. The van der Waals surface area contributed by atoms with E-state index < -0.39 is 5.60 Å². The van der Waals surface area contributed by atoms with E-state index in [1.54, 1.807) is 4.57 Å². The number of fused-ring (bicyclic) bond motifs is 3. The highest BCUT2D eigenvalue weighted by Gasteiger charge is 2.53. The van der Waals surface area contributed by atoms with Crippen LogP contribution in [-0.2, 0) is 18.3 Å². The first-order valence-corrected chi connectivity index (χ1v) is 13.1. The Morgan fingerprint density at radius 3 is 2.37 bits per heavy atom. The van der Waals surface area contributed by atoms with Crippen LogP contribution in [0.4, 0.5) is 10.6 Å². The molecule has 0 aliphatic carbocycles. The monoisotopic (exact) mass is 483 g/mol. The molecule has 5 rings (SSSR count). The van der Waals surface area contributed by atoms with Crippen molar-refractivity contribution in [2.75, 3.05) is 18.0 Å². The molecule has 8 heteroatoms. The van der Waals surface area contributed by atoms with Gasteiger partial charge in [-0.05, 0) is 75.8 Å². The highest BCUT2D eigenvalue weighted by molar-refractivity contribution is 5.74. The van der Waals surface area contributed by atoms with Crippen LogP contribution >= 0.6 is 0 Å². The average molecular weight is 484 g/mol. The number of aryl methyl sites for hydroxylation is 1. The lowest BCUT2D eigenvalue weighted by molar-refractivity contribution is -0.00866. The predicted octanol–water partition coefficient (Wildman–Crippen LogP) is 4.54. The molecule has 5 heterocycles. The number of piperidine rings is 1. The predicted molar refractivity (Wildman–Crippen MR) is 138 cm³/mol. The van der Waals surface area contributed by atoms with Gasteiger partial charge in [0.25, 0.3) is 0 Å². The number of hydrogen-bond acceptors (Lipinski definition) is 5. The van der Waals surface area contributed by atoms with Gasteiger partial charge in [0.1, 0.15) is 11.4 Å². The number of carbonyl (C=O) groups is 1. The number of imidazole rings is 1. The van der Waals surface area contributed by atoms with Crippen molar-refractivity contribution >= 4 is 23.1 Å². The first kappa shape index (κ1) is 24.2. The number of amides is 1. The van der Waals surface area contributed by atoms with Gasteiger partial charge < -0.3 is 14.5 Å².